The Morgan fingerprint density at radius 3 is 2.69 bits per heavy atom. The number of Topliss-reactive ketones (excluding diaryl/α,β-unsaturated/α-hetero) is 1. The van der Waals surface area contributed by atoms with Crippen molar-refractivity contribution in [3.63, 3.8) is 0 Å². The average Bonchev–Trinajstić information content (AvgIpc) is 2.76. The van der Waals surface area contributed by atoms with Gasteiger partial charge in [0, 0.05) is 11.3 Å². The van der Waals surface area contributed by atoms with Crippen LogP contribution >= 0.6 is 11.3 Å². The average molecular weight is 241 g/mol. The largest absolute Gasteiger partial charge is 0.468 e. The number of esters is 1. The van der Waals surface area contributed by atoms with E-state index >= 15 is 0 Å². The van der Waals surface area contributed by atoms with Crippen LogP contribution < -0.4 is 5.73 Å². The number of ether oxygens (including phenoxy) is 1. The first-order valence-electron chi connectivity index (χ1n) is 5.03. The standard InChI is InChI=1S/C11H15NO3S/c1-3-7-4-5-10(16-7)9(13)6-8(12)11(14)15-2/h4-5,8H,3,6,12H2,1-2H3. The monoisotopic (exact) mass is 241 g/mol. The number of aryl methyl sites for hydroxylation is 1. The van der Waals surface area contributed by atoms with Crippen LogP contribution in [0.2, 0.25) is 0 Å². The predicted molar refractivity (Wildman–Crippen MR) is 62.6 cm³/mol. The van der Waals surface area contributed by atoms with E-state index in [1.165, 1.54) is 18.4 Å². The number of thiophene rings is 1. The van der Waals surface area contributed by atoms with Gasteiger partial charge in [-0.25, -0.2) is 0 Å². The summed E-state index contributed by atoms with van der Waals surface area (Å²) in [5.41, 5.74) is 5.51. The Morgan fingerprint density at radius 2 is 2.19 bits per heavy atom. The number of ketones is 1. The Balaban J connectivity index is 2.61. The number of carbonyl (C=O) groups is 2. The molecule has 1 aromatic rings. The van der Waals surface area contributed by atoms with Crippen molar-refractivity contribution in [3.05, 3.63) is 21.9 Å². The molecule has 1 aromatic heterocycles. The van der Waals surface area contributed by atoms with Gasteiger partial charge in [0.25, 0.3) is 0 Å². The number of hydrogen-bond acceptors (Lipinski definition) is 5. The summed E-state index contributed by atoms with van der Waals surface area (Å²) in [4.78, 5) is 24.6. The van der Waals surface area contributed by atoms with Gasteiger partial charge in [-0.2, -0.15) is 0 Å². The third-order valence-electron chi connectivity index (χ3n) is 2.19. The van der Waals surface area contributed by atoms with E-state index in [1.807, 2.05) is 13.0 Å². The van der Waals surface area contributed by atoms with Crippen LogP contribution in [0.15, 0.2) is 12.1 Å². The summed E-state index contributed by atoms with van der Waals surface area (Å²) in [5, 5.41) is 0. The molecule has 1 rings (SSSR count). The van der Waals surface area contributed by atoms with E-state index in [0.29, 0.717) is 4.88 Å². The summed E-state index contributed by atoms with van der Waals surface area (Å²) >= 11 is 1.45. The van der Waals surface area contributed by atoms with Crippen LogP contribution in [0.25, 0.3) is 0 Å². The summed E-state index contributed by atoms with van der Waals surface area (Å²) in [7, 11) is 1.26. The van der Waals surface area contributed by atoms with Crippen LogP contribution in [-0.4, -0.2) is 24.9 Å². The Hall–Kier alpha value is -1.20. The van der Waals surface area contributed by atoms with E-state index in [4.69, 9.17) is 5.73 Å². The van der Waals surface area contributed by atoms with E-state index < -0.39 is 12.0 Å². The van der Waals surface area contributed by atoms with Crippen molar-refractivity contribution in [1.29, 1.82) is 0 Å². The molecule has 0 bridgehead atoms. The first kappa shape index (κ1) is 12.9. The van der Waals surface area contributed by atoms with Gasteiger partial charge in [-0.1, -0.05) is 6.92 Å². The highest BCUT2D eigenvalue weighted by Crippen LogP contribution is 2.18. The van der Waals surface area contributed by atoms with Gasteiger partial charge in [0.15, 0.2) is 5.78 Å². The molecule has 2 N–H and O–H groups in total. The van der Waals surface area contributed by atoms with E-state index in [-0.39, 0.29) is 12.2 Å². The van der Waals surface area contributed by atoms with Crippen molar-refractivity contribution < 1.29 is 14.3 Å². The van der Waals surface area contributed by atoms with Crippen LogP contribution in [0, 0.1) is 0 Å². The molecule has 0 aliphatic rings. The maximum Gasteiger partial charge on any atom is 0.323 e. The molecule has 0 aliphatic carbocycles. The van der Waals surface area contributed by atoms with Gasteiger partial charge in [-0.05, 0) is 18.6 Å². The van der Waals surface area contributed by atoms with Crippen molar-refractivity contribution in [2.75, 3.05) is 7.11 Å². The highest BCUT2D eigenvalue weighted by molar-refractivity contribution is 7.14. The fraction of sp³-hybridized carbons (Fsp3) is 0.455. The number of carbonyl (C=O) groups excluding carboxylic acids is 2. The predicted octanol–water partition coefficient (Wildman–Crippen LogP) is 1.38. The van der Waals surface area contributed by atoms with Crippen LogP contribution in [0.1, 0.15) is 27.9 Å². The smallest absolute Gasteiger partial charge is 0.323 e. The topological polar surface area (TPSA) is 69.4 Å². The molecular formula is C11H15NO3S. The quantitative estimate of drug-likeness (QED) is 0.624. The number of nitrogens with two attached hydrogens (primary N) is 1. The number of rotatable bonds is 5. The fourth-order valence-corrected chi connectivity index (χ4v) is 2.15. The molecule has 88 valence electrons. The zero-order chi connectivity index (χ0) is 12.1. The van der Waals surface area contributed by atoms with Crippen LogP contribution in [-0.2, 0) is 16.0 Å². The molecule has 0 fully saturated rings. The molecule has 5 heteroatoms. The van der Waals surface area contributed by atoms with Crippen molar-refractivity contribution in [1.82, 2.24) is 0 Å². The third-order valence-corrected chi connectivity index (χ3v) is 3.46. The van der Waals surface area contributed by atoms with E-state index in [1.54, 1.807) is 6.07 Å². The molecule has 0 spiro atoms. The molecule has 1 unspecified atom stereocenters. The molecule has 1 atom stereocenters. The molecule has 0 saturated carbocycles. The number of hydrogen-bond donors (Lipinski definition) is 1. The Bertz CT molecular complexity index is 386. The summed E-state index contributed by atoms with van der Waals surface area (Å²) in [6.45, 7) is 2.03. The first-order valence-corrected chi connectivity index (χ1v) is 5.85. The molecule has 0 radical (unpaired) electrons. The molecule has 16 heavy (non-hydrogen) atoms. The second kappa shape index (κ2) is 5.77. The van der Waals surface area contributed by atoms with Crippen molar-refractivity contribution >= 4 is 23.1 Å². The Labute approximate surface area is 98.4 Å². The minimum absolute atomic E-state index is 0.00363. The van der Waals surface area contributed by atoms with Crippen molar-refractivity contribution in [2.24, 2.45) is 5.73 Å². The van der Waals surface area contributed by atoms with Gasteiger partial charge in [0.2, 0.25) is 0 Å². The maximum atomic E-state index is 11.7. The van der Waals surface area contributed by atoms with E-state index in [9.17, 15) is 9.59 Å². The molecular weight excluding hydrogens is 226 g/mol. The lowest BCUT2D eigenvalue weighted by Gasteiger charge is -2.06. The maximum absolute atomic E-state index is 11.7. The zero-order valence-electron chi connectivity index (χ0n) is 9.36. The van der Waals surface area contributed by atoms with Crippen LogP contribution in [0.4, 0.5) is 0 Å². The second-order valence-electron chi connectivity index (χ2n) is 3.38. The molecule has 0 aromatic carbocycles. The second-order valence-corrected chi connectivity index (χ2v) is 4.54. The van der Waals surface area contributed by atoms with Crippen molar-refractivity contribution in [3.8, 4) is 0 Å². The fourth-order valence-electron chi connectivity index (χ4n) is 1.25. The van der Waals surface area contributed by atoms with Gasteiger partial charge in [-0.3, -0.25) is 9.59 Å². The van der Waals surface area contributed by atoms with Gasteiger partial charge in [0.05, 0.1) is 12.0 Å². The van der Waals surface area contributed by atoms with Gasteiger partial charge < -0.3 is 10.5 Å². The summed E-state index contributed by atoms with van der Waals surface area (Å²) in [5.74, 6) is -0.664. The molecule has 0 amide bonds. The minimum Gasteiger partial charge on any atom is -0.468 e. The van der Waals surface area contributed by atoms with Gasteiger partial charge >= 0.3 is 5.97 Å². The SMILES string of the molecule is CCc1ccc(C(=O)CC(N)C(=O)OC)s1. The molecule has 0 aliphatic heterocycles. The van der Waals surface area contributed by atoms with E-state index in [2.05, 4.69) is 4.74 Å². The highest BCUT2D eigenvalue weighted by Gasteiger charge is 2.19. The van der Waals surface area contributed by atoms with Crippen LogP contribution in [0.3, 0.4) is 0 Å². The molecule has 4 nitrogen and oxygen atoms in total. The van der Waals surface area contributed by atoms with Gasteiger partial charge in [-0.15, -0.1) is 11.3 Å². The zero-order valence-corrected chi connectivity index (χ0v) is 10.2. The lowest BCUT2D eigenvalue weighted by Crippen LogP contribution is -2.33. The third kappa shape index (κ3) is 3.15. The van der Waals surface area contributed by atoms with Crippen LogP contribution in [0.5, 0.6) is 0 Å². The molecule has 1 heterocycles. The Morgan fingerprint density at radius 1 is 1.50 bits per heavy atom. The summed E-state index contributed by atoms with van der Waals surface area (Å²) in [6, 6.07) is 2.82. The normalized spacial score (nSPS) is 12.2. The number of methoxy groups -OCH3 is 1. The summed E-state index contributed by atoms with van der Waals surface area (Å²) < 4.78 is 4.46. The summed E-state index contributed by atoms with van der Waals surface area (Å²) in [6.07, 6.45) is 0.900. The Kier molecular flexibility index (Phi) is 4.64. The van der Waals surface area contributed by atoms with E-state index in [0.717, 1.165) is 11.3 Å². The first-order chi connectivity index (χ1) is 7.58. The molecule has 0 saturated heterocycles. The lowest BCUT2D eigenvalue weighted by molar-refractivity contribution is -0.142. The van der Waals surface area contributed by atoms with Gasteiger partial charge in [0.1, 0.15) is 6.04 Å². The lowest BCUT2D eigenvalue weighted by atomic mass is 10.1. The van der Waals surface area contributed by atoms with Crippen molar-refractivity contribution in [2.45, 2.75) is 25.8 Å². The highest BCUT2D eigenvalue weighted by atomic mass is 32.1. The minimum atomic E-state index is -0.871.